The number of ether oxygens (including phenoxy) is 1. The predicted octanol–water partition coefficient (Wildman–Crippen LogP) is 4.22. The smallest absolute Gasteiger partial charge is 0.339 e. The number of carbonyl (C=O) groups is 2. The number of anilines is 1. The molecule has 0 N–H and O–H groups in total. The minimum atomic E-state index is -0.518. The van der Waals surface area contributed by atoms with Gasteiger partial charge in [0, 0.05) is 16.8 Å². The van der Waals surface area contributed by atoms with Crippen LogP contribution < -0.4 is 4.90 Å². The fourth-order valence-electron chi connectivity index (χ4n) is 4.06. The molecule has 1 amide bonds. The maximum absolute atomic E-state index is 13.2. The van der Waals surface area contributed by atoms with Crippen LogP contribution >= 0.6 is 0 Å². The molecule has 3 aromatic rings. The van der Waals surface area contributed by atoms with Crippen molar-refractivity contribution >= 4 is 28.5 Å². The van der Waals surface area contributed by atoms with Gasteiger partial charge >= 0.3 is 5.97 Å². The summed E-state index contributed by atoms with van der Waals surface area (Å²) in [7, 11) is 0. The van der Waals surface area contributed by atoms with E-state index in [4.69, 9.17) is 15.0 Å². The molecule has 0 fully saturated rings. The average molecular weight is 413 g/mol. The quantitative estimate of drug-likeness (QED) is 0.355. The molecule has 156 valence electrons. The van der Waals surface area contributed by atoms with Crippen molar-refractivity contribution < 1.29 is 14.3 Å². The summed E-state index contributed by atoms with van der Waals surface area (Å²) in [6, 6.07) is 18.4. The van der Waals surface area contributed by atoms with E-state index in [2.05, 4.69) is 0 Å². The molecular weight excluding hydrogens is 390 g/mol. The fourth-order valence-corrected chi connectivity index (χ4v) is 4.06. The van der Waals surface area contributed by atoms with Gasteiger partial charge in [-0.25, -0.2) is 4.79 Å². The van der Waals surface area contributed by atoms with Gasteiger partial charge in [0.05, 0.1) is 17.1 Å². The van der Waals surface area contributed by atoms with Gasteiger partial charge in [0.25, 0.3) is 5.91 Å². The van der Waals surface area contributed by atoms with Crippen molar-refractivity contribution in [2.45, 2.75) is 32.1 Å². The SMILES string of the molecule is N#CCN(C(=O)COC(=O)c1c2c(nc3ccccc13)CCCCC2)c1ccccc1. The van der Waals surface area contributed by atoms with Crippen LogP contribution in [0.1, 0.15) is 40.9 Å². The van der Waals surface area contributed by atoms with Crippen LogP contribution in [-0.2, 0) is 22.4 Å². The highest BCUT2D eigenvalue weighted by molar-refractivity contribution is 6.06. The third kappa shape index (κ3) is 4.41. The zero-order chi connectivity index (χ0) is 21.6. The number of hydrogen-bond acceptors (Lipinski definition) is 5. The Morgan fingerprint density at radius 2 is 1.74 bits per heavy atom. The first-order valence-corrected chi connectivity index (χ1v) is 10.5. The van der Waals surface area contributed by atoms with Gasteiger partial charge < -0.3 is 4.74 Å². The van der Waals surface area contributed by atoms with Gasteiger partial charge in [-0.15, -0.1) is 0 Å². The summed E-state index contributed by atoms with van der Waals surface area (Å²) in [4.78, 5) is 32.0. The van der Waals surface area contributed by atoms with Gasteiger partial charge in [0.1, 0.15) is 6.54 Å². The molecule has 0 radical (unpaired) electrons. The normalized spacial score (nSPS) is 13.0. The molecule has 31 heavy (non-hydrogen) atoms. The first-order valence-electron chi connectivity index (χ1n) is 10.5. The van der Waals surface area contributed by atoms with Crippen LogP contribution in [0.15, 0.2) is 54.6 Å². The monoisotopic (exact) mass is 413 g/mol. The molecule has 4 rings (SSSR count). The number of hydrogen-bond donors (Lipinski definition) is 0. The number of rotatable bonds is 5. The molecule has 0 bridgehead atoms. The zero-order valence-corrected chi connectivity index (χ0v) is 17.2. The van der Waals surface area contributed by atoms with Crippen molar-refractivity contribution in [1.29, 1.82) is 5.26 Å². The summed E-state index contributed by atoms with van der Waals surface area (Å²) in [6.07, 6.45) is 4.75. The van der Waals surface area contributed by atoms with E-state index in [1.807, 2.05) is 36.4 Å². The maximum atomic E-state index is 13.2. The lowest BCUT2D eigenvalue weighted by molar-refractivity contribution is -0.121. The van der Waals surface area contributed by atoms with Crippen molar-refractivity contribution in [3.63, 3.8) is 0 Å². The van der Waals surface area contributed by atoms with Gasteiger partial charge in [-0.3, -0.25) is 14.7 Å². The largest absolute Gasteiger partial charge is 0.452 e. The number of nitrogens with zero attached hydrogens (tertiary/aromatic N) is 3. The van der Waals surface area contributed by atoms with Gasteiger partial charge in [0.2, 0.25) is 0 Å². The second-order valence-electron chi connectivity index (χ2n) is 7.54. The van der Waals surface area contributed by atoms with Crippen LogP contribution in [0.3, 0.4) is 0 Å². The highest BCUT2D eigenvalue weighted by Gasteiger charge is 2.24. The van der Waals surface area contributed by atoms with Gasteiger partial charge in [-0.2, -0.15) is 5.26 Å². The molecule has 0 atom stereocenters. The van der Waals surface area contributed by atoms with Gasteiger partial charge in [-0.1, -0.05) is 42.8 Å². The third-order valence-electron chi connectivity index (χ3n) is 5.55. The number of nitriles is 1. The summed E-state index contributed by atoms with van der Waals surface area (Å²) >= 11 is 0. The number of benzene rings is 2. The number of amides is 1. The molecule has 1 aliphatic rings. The molecule has 0 saturated carbocycles. The molecular formula is C25H23N3O3. The molecule has 6 nitrogen and oxygen atoms in total. The van der Waals surface area contributed by atoms with Crippen molar-refractivity contribution in [1.82, 2.24) is 4.98 Å². The summed E-state index contributed by atoms with van der Waals surface area (Å²) in [5.74, 6) is -0.958. The minimum Gasteiger partial charge on any atom is -0.452 e. The van der Waals surface area contributed by atoms with E-state index in [0.717, 1.165) is 54.3 Å². The number of aryl methyl sites for hydroxylation is 1. The highest BCUT2D eigenvalue weighted by atomic mass is 16.5. The Morgan fingerprint density at radius 3 is 2.55 bits per heavy atom. The summed E-state index contributed by atoms with van der Waals surface area (Å²) in [5, 5.41) is 9.87. The second kappa shape index (κ2) is 9.40. The van der Waals surface area contributed by atoms with Crippen molar-refractivity contribution in [2.24, 2.45) is 0 Å². The van der Waals surface area contributed by atoms with Crippen LogP contribution in [0.4, 0.5) is 5.69 Å². The molecule has 1 heterocycles. The van der Waals surface area contributed by atoms with E-state index in [-0.39, 0.29) is 6.54 Å². The lowest BCUT2D eigenvalue weighted by Crippen LogP contribution is -2.35. The molecule has 0 aliphatic heterocycles. The van der Waals surface area contributed by atoms with Crippen molar-refractivity contribution in [2.75, 3.05) is 18.1 Å². The first-order chi connectivity index (χ1) is 15.2. The lowest BCUT2D eigenvalue weighted by Gasteiger charge is -2.20. The standard InChI is InChI=1S/C25H23N3O3/c26-15-16-28(18-9-3-1-4-10-18)23(29)17-31-25(30)24-19-11-5-2-6-13-21(19)27-22-14-8-7-12-20(22)24/h1,3-4,7-10,12,14H,2,5-6,11,13,16-17H2. The fraction of sp³-hybridized carbons (Fsp3) is 0.280. The predicted molar refractivity (Wildman–Crippen MR) is 118 cm³/mol. The first kappa shape index (κ1) is 20.5. The molecule has 0 spiro atoms. The number of pyridine rings is 1. The lowest BCUT2D eigenvalue weighted by atomic mass is 9.97. The Bertz CT molecular complexity index is 1150. The Labute approximate surface area is 181 Å². The molecule has 6 heteroatoms. The Hall–Kier alpha value is -3.72. The molecule has 2 aromatic carbocycles. The minimum absolute atomic E-state index is 0.117. The van der Waals surface area contributed by atoms with Crippen LogP contribution in [-0.4, -0.2) is 30.0 Å². The highest BCUT2D eigenvalue weighted by Crippen LogP contribution is 2.29. The van der Waals surface area contributed by atoms with E-state index in [9.17, 15) is 9.59 Å². The van der Waals surface area contributed by atoms with Crippen LogP contribution in [0.2, 0.25) is 0 Å². The Morgan fingerprint density at radius 1 is 1.00 bits per heavy atom. The Kier molecular flexibility index (Phi) is 6.23. The van der Waals surface area contributed by atoms with E-state index in [1.54, 1.807) is 24.3 Å². The second-order valence-corrected chi connectivity index (χ2v) is 7.54. The van der Waals surface area contributed by atoms with E-state index in [1.165, 1.54) is 4.90 Å². The van der Waals surface area contributed by atoms with Crippen LogP contribution in [0.25, 0.3) is 10.9 Å². The molecule has 1 aromatic heterocycles. The van der Waals surface area contributed by atoms with Gasteiger partial charge in [-0.05, 0) is 49.4 Å². The van der Waals surface area contributed by atoms with E-state index >= 15 is 0 Å². The number of esters is 1. The van der Waals surface area contributed by atoms with Crippen LogP contribution in [0, 0.1) is 11.3 Å². The Balaban J connectivity index is 1.61. The molecule has 1 aliphatic carbocycles. The molecule has 0 saturated heterocycles. The number of aromatic nitrogens is 1. The van der Waals surface area contributed by atoms with Crippen LogP contribution in [0.5, 0.6) is 0 Å². The van der Waals surface area contributed by atoms with Gasteiger partial charge in [0.15, 0.2) is 6.61 Å². The van der Waals surface area contributed by atoms with E-state index < -0.39 is 18.5 Å². The topological polar surface area (TPSA) is 83.3 Å². The number of para-hydroxylation sites is 2. The number of fused-ring (bicyclic) bond motifs is 2. The summed E-state index contributed by atoms with van der Waals surface area (Å²) < 4.78 is 5.49. The third-order valence-corrected chi connectivity index (χ3v) is 5.55. The maximum Gasteiger partial charge on any atom is 0.339 e. The average Bonchev–Trinajstić information content (AvgIpc) is 3.05. The molecule has 0 unspecified atom stereocenters. The van der Waals surface area contributed by atoms with E-state index in [0.29, 0.717) is 11.3 Å². The zero-order valence-electron chi connectivity index (χ0n) is 17.2. The number of carbonyl (C=O) groups excluding carboxylic acids is 2. The van der Waals surface area contributed by atoms with Crippen molar-refractivity contribution in [3.05, 3.63) is 71.4 Å². The van der Waals surface area contributed by atoms with Crippen molar-refractivity contribution in [3.8, 4) is 6.07 Å². The summed E-state index contributed by atoms with van der Waals surface area (Å²) in [6.45, 7) is -0.547. The summed E-state index contributed by atoms with van der Waals surface area (Å²) in [5.41, 5.74) is 3.75.